The van der Waals surface area contributed by atoms with Gasteiger partial charge < -0.3 is 10.4 Å². The molecular formula is C15H18N2O. The van der Waals surface area contributed by atoms with Crippen LogP contribution in [0.1, 0.15) is 12.0 Å². The van der Waals surface area contributed by atoms with Crippen molar-refractivity contribution in [1.82, 2.24) is 10.3 Å². The Balaban J connectivity index is 2.02. The van der Waals surface area contributed by atoms with Crippen molar-refractivity contribution in [2.75, 3.05) is 13.2 Å². The Morgan fingerprint density at radius 1 is 1.11 bits per heavy atom. The van der Waals surface area contributed by atoms with Gasteiger partial charge in [0, 0.05) is 25.5 Å². The van der Waals surface area contributed by atoms with E-state index in [2.05, 4.69) is 40.6 Å². The standard InChI is InChI=1S/C15H18N2O/c18-9-3-8-16-11-13-4-1-5-14(10-13)15-6-2-7-17-12-15/h1-2,4-7,10,12,16,18H,3,8-9,11H2. The number of benzene rings is 1. The van der Waals surface area contributed by atoms with Gasteiger partial charge in [0.05, 0.1) is 0 Å². The zero-order valence-electron chi connectivity index (χ0n) is 10.3. The van der Waals surface area contributed by atoms with E-state index in [-0.39, 0.29) is 6.61 Å². The van der Waals surface area contributed by atoms with Gasteiger partial charge in [0.1, 0.15) is 0 Å². The number of aliphatic hydroxyl groups excluding tert-OH is 1. The molecule has 18 heavy (non-hydrogen) atoms. The van der Waals surface area contributed by atoms with E-state index in [1.54, 1.807) is 6.20 Å². The summed E-state index contributed by atoms with van der Waals surface area (Å²) in [6, 6.07) is 12.4. The molecule has 0 bridgehead atoms. The second-order valence-electron chi connectivity index (χ2n) is 4.20. The lowest BCUT2D eigenvalue weighted by Gasteiger charge is -2.06. The van der Waals surface area contributed by atoms with Crippen LogP contribution in [0, 0.1) is 0 Å². The van der Waals surface area contributed by atoms with Gasteiger partial charge in [-0.05, 0) is 41.8 Å². The second-order valence-corrected chi connectivity index (χ2v) is 4.20. The first kappa shape index (κ1) is 12.7. The van der Waals surface area contributed by atoms with E-state index < -0.39 is 0 Å². The minimum atomic E-state index is 0.239. The summed E-state index contributed by atoms with van der Waals surface area (Å²) in [5.74, 6) is 0. The van der Waals surface area contributed by atoms with Crippen LogP contribution in [-0.4, -0.2) is 23.2 Å². The number of aromatic nitrogens is 1. The van der Waals surface area contributed by atoms with E-state index in [9.17, 15) is 0 Å². The molecule has 0 atom stereocenters. The van der Waals surface area contributed by atoms with Crippen LogP contribution in [0.15, 0.2) is 48.8 Å². The van der Waals surface area contributed by atoms with E-state index in [4.69, 9.17) is 5.11 Å². The van der Waals surface area contributed by atoms with Crippen molar-refractivity contribution in [3.63, 3.8) is 0 Å². The average Bonchev–Trinajstić information content (AvgIpc) is 2.45. The van der Waals surface area contributed by atoms with Crippen LogP contribution in [0.4, 0.5) is 0 Å². The first-order valence-corrected chi connectivity index (χ1v) is 6.21. The lowest BCUT2D eigenvalue weighted by molar-refractivity contribution is 0.286. The van der Waals surface area contributed by atoms with E-state index in [0.29, 0.717) is 0 Å². The Kier molecular flexibility index (Phi) is 4.88. The van der Waals surface area contributed by atoms with Crippen LogP contribution in [-0.2, 0) is 6.54 Å². The number of pyridine rings is 1. The largest absolute Gasteiger partial charge is 0.396 e. The molecule has 0 radical (unpaired) electrons. The first-order chi connectivity index (χ1) is 8.90. The van der Waals surface area contributed by atoms with E-state index >= 15 is 0 Å². The highest BCUT2D eigenvalue weighted by molar-refractivity contribution is 5.62. The second kappa shape index (κ2) is 6.89. The van der Waals surface area contributed by atoms with Gasteiger partial charge in [0.15, 0.2) is 0 Å². The van der Waals surface area contributed by atoms with Crippen molar-refractivity contribution < 1.29 is 5.11 Å². The minimum absolute atomic E-state index is 0.239. The van der Waals surface area contributed by atoms with Gasteiger partial charge in [-0.15, -0.1) is 0 Å². The molecule has 2 aromatic rings. The highest BCUT2D eigenvalue weighted by Gasteiger charge is 1.99. The summed E-state index contributed by atoms with van der Waals surface area (Å²) >= 11 is 0. The lowest BCUT2D eigenvalue weighted by Crippen LogP contribution is -2.15. The number of hydrogen-bond donors (Lipinski definition) is 2. The van der Waals surface area contributed by atoms with E-state index in [1.165, 1.54) is 11.1 Å². The third kappa shape index (κ3) is 3.65. The molecule has 0 aliphatic heterocycles. The molecule has 3 heteroatoms. The Morgan fingerprint density at radius 3 is 2.78 bits per heavy atom. The third-order valence-electron chi connectivity index (χ3n) is 2.76. The van der Waals surface area contributed by atoms with Crippen molar-refractivity contribution in [2.24, 2.45) is 0 Å². The molecule has 1 aromatic carbocycles. The molecule has 0 amide bonds. The normalized spacial score (nSPS) is 10.5. The monoisotopic (exact) mass is 242 g/mol. The number of nitrogens with one attached hydrogen (secondary N) is 1. The van der Waals surface area contributed by atoms with Crippen molar-refractivity contribution in [3.8, 4) is 11.1 Å². The number of rotatable bonds is 6. The maximum Gasteiger partial charge on any atom is 0.0443 e. The van der Waals surface area contributed by atoms with Gasteiger partial charge in [-0.25, -0.2) is 0 Å². The third-order valence-corrected chi connectivity index (χ3v) is 2.76. The maximum atomic E-state index is 8.71. The Bertz CT molecular complexity index is 471. The van der Waals surface area contributed by atoms with Gasteiger partial charge in [-0.1, -0.05) is 24.3 Å². The average molecular weight is 242 g/mol. The number of nitrogens with zero attached hydrogens (tertiary/aromatic N) is 1. The van der Waals surface area contributed by atoms with E-state index in [0.717, 1.165) is 25.1 Å². The highest BCUT2D eigenvalue weighted by Crippen LogP contribution is 2.18. The van der Waals surface area contributed by atoms with Crippen LogP contribution in [0.5, 0.6) is 0 Å². The Hall–Kier alpha value is -1.71. The zero-order chi connectivity index (χ0) is 12.6. The molecule has 0 saturated carbocycles. The Morgan fingerprint density at radius 2 is 2.00 bits per heavy atom. The molecule has 0 aliphatic carbocycles. The predicted molar refractivity (Wildman–Crippen MR) is 73.1 cm³/mol. The molecule has 2 rings (SSSR count). The molecule has 1 aromatic heterocycles. The van der Waals surface area contributed by atoms with Crippen LogP contribution < -0.4 is 5.32 Å². The SMILES string of the molecule is OCCCNCc1cccc(-c2cccnc2)c1. The van der Waals surface area contributed by atoms with Gasteiger partial charge in [-0.2, -0.15) is 0 Å². The lowest BCUT2D eigenvalue weighted by atomic mass is 10.0. The predicted octanol–water partition coefficient (Wildman–Crippen LogP) is 2.22. The quantitative estimate of drug-likeness (QED) is 0.763. The summed E-state index contributed by atoms with van der Waals surface area (Å²) in [6.45, 7) is 1.91. The molecular weight excluding hydrogens is 224 g/mol. The molecule has 1 heterocycles. The van der Waals surface area contributed by atoms with Gasteiger partial charge in [0.25, 0.3) is 0 Å². The highest BCUT2D eigenvalue weighted by atomic mass is 16.3. The smallest absolute Gasteiger partial charge is 0.0443 e. The van der Waals surface area contributed by atoms with Crippen LogP contribution in [0.3, 0.4) is 0 Å². The summed E-state index contributed by atoms with van der Waals surface area (Å²) in [5.41, 5.74) is 3.56. The molecule has 2 N–H and O–H groups in total. The molecule has 3 nitrogen and oxygen atoms in total. The topological polar surface area (TPSA) is 45.1 Å². The van der Waals surface area contributed by atoms with Crippen LogP contribution in [0.2, 0.25) is 0 Å². The number of aliphatic hydroxyl groups is 1. The summed E-state index contributed by atoms with van der Waals surface area (Å²) in [4.78, 5) is 4.13. The van der Waals surface area contributed by atoms with Crippen molar-refractivity contribution in [2.45, 2.75) is 13.0 Å². The fraction of sp³-hybridized carbons (Fsp3) is 0.267. The van der Waals surface area contributed by atoms with Crippen molar-refractivity contribution in [3.05, 3.63) is 54.4 Å². The molecule has 0 aliphatic rings. The molecule has 0 unspecified atom stereocenters. The summed E-state index contributed by atoms with van der Waals surface area (Å²) in [7, 11) is 0. The van der Waals surface area contributed by atoms with Gasteiger partial charge in [-0.3, -0.25) is 4.98 Å². The van der Waals surface area contributed by atoms with Gasteiger partial charge >= 0.3 is 0 Å². The summed E-state index contributed by atoms with van der Waals surface area (Å²) < 4.78 is 0. The summed E-state index contributed by atoms with van der Waals surface area (Å²) in [5, 5.41) is 12.0. The minimum Gasteiger partial charge on any atom is -0.396 e. The fourth-order valence-corrected chi connectivity index (χ4v) is 1.83. The first-order valence-electron chi connectivity index (χ1n) is 6.21. The molecule has 0 spiro atoms. The molecule has 94 valence electrons. The zero-order valence-corrected chi connectivity index (χ0v) is 10.3. The molecule has 0 saturated heterocycles. The van der Waals surface area contributed by atoms with Crippen molar-refractivity contribution in [1.29, 1.82) is 0 Å². The Labute approximate surface area is 108 Å². The molecule has 0 fully saturated rings. The number of hydrogen-bond acceptors (Lipinski definition) is 3. The summed E-state index contributed by atoms with van der Waals surface area (Å²) in [6.07, 6.45) is 4.45. The van der Waals surface area contributed by atoms with Crippen LogP contribution in [0.25, 0.3) is 11.1 Å². The fourth-order valence-electron chi connectivity index (χ4n) is 1.83. The van der Waals surface area contributed by atoms with Gasteiger partial charge in [0.2, 0.25) is 0 Å². The van der Waals surface area contributed by atoms with Crippen LogP contribution >= 0.6 is 0 Å². The van der Waals surface area contributed by atoms with E-state index in [1.807, 2.05) is 12.3 Å². The van der Waals surface area contributed by atoms with Crippen molar-refractivity contribution >= 4 is 0 Å². The maximum absolute atomic E-state index is 8.71.